The first-order valence-corrected chi connectivity index (χ1v) is 7.10. The minimum atomic E-state index is -0.646. The monoisotopic (exact) mass is 291 g/mol. The number of thiazole rings is 1. The van der Waals surface area contributed by atoms with Gasteiger partial charge in [-0.3, -0.25) is 4.79 Å². The van der Waals surface area contributed by atoms with Crippen LogP contribution in [0.15, 0.2) is 35.7 Å². The van der Waals surface area contributed by atoms with Crippen LogP contribution in [0.3, 0.4) is 0 Å². The number of carbonyl (C=O) groups is 1. The number of nitrogens with two attached hydrogens (primary N) is 1. The van der Waals surface area contributed by atoms with E-state index in [1.807, 2.05) is 35.7 Å². The number of amides is 1. The number of carbonyl (C=O) groups excluding carboxylic acids is 1. The quantitative estimate of drug-likeness (QED) is 0.843. The summed E-state index contributed by atoms with van der Waals surface area (Å²) >= 11 is 1.55. The van der Waals surface area contributed by atoms with Gasteiger partial charge in [-0.25, -0.2) is 4.98 Å². The molecule has 0 aliphatic rings. The molecule has 0 aliphatic heterocycles. The van der Waals surface area contributed by atoms with E-state index in [1.54, 1.807) is 11.3 Å². The molecule has 106 valence electrons. The van der Waals surface area contributed by atoms with Gasteiger partial charge in [0, 0.05) is 18.1 Å². The molecule has 1 heterocycles. The van der Waals surface area contributed by atoms with E-state index in [-0.39, 0.29) is 12.5 Å². The summed E-state index contributed by atoms with van der Waals surface area (Å²) in [6.45, 7) is 0.581. The van der Waals surface area contributed by atoms with Crippen LogP contribution in [0.5, 0.6) is 0 Å². The number of rotatable bonds is 6. The molecule has 0 bridgehead atoms. The highest BCUT2D eigenvalue weighted by atomic mass is 32.1. The first-order valence-electron chi connectivity index (χ1n) is 6.22. The summed E-state index contributed by atoms with van der Waals surface area (Å²) in [5, 5.41) is 5.62. The Labute approximate surface area is 121 Å². The molecule has 1 unspecified atom stereocenters. The summed E-state index contributed by atoms with van der Waals surface area (Å²) in [4.78, 5) is 16.1. The molecule has 0 spiro atoms. The number of methoxy groups -OCH3 is 1. The summed E-state index contributed by atoms with van der Waals surface area (Å²) in [6, 6.07) is 9.29. The van der Waals surface area contributed by atoms with E-state index in [1.165, 1.54) is 7.11 Å². The van der Waals surface area contributed by atoms with Gasteiger partial charge in [0.2, 0.25) is 5.91 Å². The Morgan fingerprint density at radius 3 is 2.90 bits per heavy atom. The molecular weight excluding hydrogens is 274 g/mol. The minimum Gasteiger partial charge on any atom is -0.383 e. The van der Waals surface area contributed by atoms with Crippen molar-refractivity contribution in [3.63, 3.8) is 0 Å². The second-order valence-electron chi connectivity index (χ2n) is 4.29. The third kappa shape index (κ3) is 3.86. The Hall–Kier alpha value is -1.76. The van der Waals surface area contributed by atoms with E-state index < -0.39 is 6.04 Å². The first-order chi connectivity index (χ1) is 9.70. The molecule has 0 saturated heterocycles. The van der Waals surface area contributed by atoms with Gasteiger partial charge in [-0.15, -0.1) is 11.3 Å². The highest BCUT2D eigenvalue weighted by Gasteiger charge is 2.13. The summed E-state index contributed by atoms with van der Waals surface area (Å²) in [5.41, 5.74) is 7.53. The average molecular weight is 291 g/mol. The maximum absolute atomic E-state index is 11.6. The number of benzene rings is 1. The SMILES string of the molecule is COCC(N)C(=O)NCc1csc(-c2ccccc2)n1. The molecule has 3 N–H and O–H groups in total. The van der Waals surface area contributed by atoms with Crippen LogP contribution in [0.25, 0.3) is 10.6 Å². The van der Waals surface area contributed by atoms with Gasteiger partial charge in [-0.05, 0) is 0 Å². The molecule has 20 heavy (non-hydrogen) atoms. The van der Waals surface area contributed by atoms with Gasteiger partial charge >= 0.3 is 0 Å². The zero-order valence-corrected chi connectivity index (χ0v) is 12.0. The van der Waals surface area contributed by atoms with E-state index in [9.17, 15) is 4.79 Å². The molecular formula is C14H17N3O2S. The molecule has 0 aliphatic carbocycles. The molecule has 0 fully saturated rings. The van der Waals surface area contributed by atoms with E-state index in [2.05, 4.69) is 10.3 Å². The van der Waals surface area contributed by atoms with Gasteiger partial charge in [-0.1, -0.05) is 30.3 Å². The molecule has 0 saturated carbocycles. The number of nitrogens with one attached hydrogen (secondary N) is 1. The molecule has 2 rings (SSSR count). The van der Waals surface area contributed by atoms with Gasteiger partial charge in [0.1, 0.15) is 11.0 Å². The van der Waals surface area contributed by atoms with E-state index in [0.717, 1.165) is 16.3 Å². The lowest BCUT2D eigenvalue weighted by Crippen LogP contribution is -2.43. The maximum Gasteiger partial charge on any atom is 0.239 e. The average Bonchev–Trinajstić information content (AvgIpc) is 2.95. The highest BCUT2D eigenvalue weighted by Crippen LogP contribution is 2.23. The van der Waals surface area contributed by atoms with Crippen molar-refractivity contribution in [2.24, 2.45) is 5.73 Å². The van der Waals surface area contributed by atoms with Crippen molar-refractivity contribution in [1.82, 2.24) is 10.3 Å². The van der Waals surface area contributed by atoms with Gasteiger partial charge < -0.3 is 15.8 Å². The molecule has 1 aromatic heterocycles. The molecule has 5 nitrogen and oxygen atoms in total. The number of hydrogen-bond donors (Lipinski definition) is 2. The lowest BCUT2D eigenvalue weighted by Gasteiger charge is -2.09. The van der Waals surface area contributed by atoms with Crippen molar-refractivity contribution in [3.05, 3.63) is 41.4 Å². The van der Waals surface area contributed by atoms with Crippen molar-refractivity contribution in [2.75, 3.05) is 13.7 Å². The van der Waals surface area contributed by atoms with E-state index >= 15 is 0 Å². The van der Waals surface area contributed by atoms with Crippen molar-refractivity contribution in [3.8, 4) is 10.6 Å². The number of aromatic nitrogens is 1. The third-order valence-electron chi connectivity index (χ3n) is 2.70. The van der Waals surface area contributed by atoms with Crippen LogP contribution in [-0.4, -0.2) is 30.6 Å². The topological polar surface area (TPSA) is 77.2 Å². The molecule has 6 heteroatoms. The Bertz CT molecular complexity index is 557. The molecule has 0 radical (unpaired) electrons. The minimum absolute atomic E-state index is 0.207. The van der Waals surface area contributed by atoms with Crippen molar-refractivity contribution >= 4 is 17.2 Å². The highest BCUT2D eigenvalue weighted by molar-refractivity contribution is 7.13. The van der Waals surface area contributed by atoms with Crippen LogP contribution in [0.1, 0.15) is 5.69 Å². The molecule has 1 amide bonds. The predicted octanol–water partition coefficient (Wildman–Crippen LogP) is 1.40. The molecule has 1 atom stereocenters. The standard InChI is InChI=1S/C14H17N3O2S/c1-19-8-12(15)13(18)16-7-11-9-20-14(17-11)10-5-3-2-4-6-10/h2-6,9,12H,7-8,15H2,1H3,(H,16,18). The Morgan fingerprint density at radius 2 is 2.20 bits per heavy atom. The normalized spacial score (nSPS) is 12.1. The fraction of sp³-hybridized carbons (Fsp3) is 0.286. The van der Waals surface area contributed by atoms with Crippen LogP contribution >= 0.6 is 11.3 Å². The first kappa shape index (κ1) is 14.6. The second-order valence-corrected chi connectivity index (χ2v) is 5.15. The zero-order valence-electron chi connectivity index (χ0n) is 11.2. The summed E-state index contributed by atoms with van der Waals surface area (Å²) in [7, 11) is 1.51. The number of hydrogen-bond acceptors (Lipinski definition) is 5. The fourth-order valence-corrected chi connectivity index (χ4v) is 2.49. The second kappa shape index (κ2) is 7.14. The Morgan fingerprint density at radius 1 is 1.45 bits per heavy atom. The summed E-state index contributed by atoms with van der Waals surface area (Å²) < 4.78 is 4.84. The maximum atomic E-state index is 11.6. The smallest absolute Gasteiger partial charge is 0.239 e. The van der Waals surface area contributed by atoms with Gasteiger partial charge in [0.05, 0.1) is 18.8 Å². The largest absolute Gasteiger partial charge is 0.383 e. The van der Waals surface area contributed by atoms with Crippen LogP contribution in [-0.2, 0) is 16.1 Å². The van der Waals surface area contributed by atoms with Crippen LogP contribution in [0.4, 0.5) is 0 Å². The van der Waals surface area contributed by atoms with E-state index in [0.29, 0.717) is 6.54 Å². The molecule has 1 aromatic carbocycles. The summed E-state index contributed by atoms with van der Waals surface area (Å²) in [6.07, 6.45) is 0. The predicted molar refractivity (Wildman–Crippen MR) is 79.2 cm³/mol. The Balaban J connectivity index is 1.92. The van der Waals surface area contributed by atoms with Crippen molar-refractivity contribution < 1.29 is 9.53 Å². The van der Waals surface area contributed by atoms with Crippen LogP contribution in [0, 0.1) is 0 Å². The van der Waals surface area contributed by atoms with E-state index in [4.69, 9.17) is 10.5 Å². The van der Waals surface area contributed by atoms with Crippen molar-refractivity contribution in [2.45, 2.75) is 12.6 Å². The number of ether oxygens (including phenoxy) is 1. The van der Waals surface area contributed by atoms with Crippen LogP contribution < -0.4 is 11.1 Å². The lowest BCUT2D eigenvalue weighted by atomic mass is 10.2. The zero-order chi connectivity index (χ0) is 14.4. The van der Waals surface area contributed by atoms with Gasteiger partial charge in [-0.2, -0.15) is 0 Å². The Kier molecular flexibility index (Phi) is 5.23. The molecule has 2 aromatic rings. The lowest BCUT2D eigenvalue weighted by molar-refractivity contribution is -0.123. The summed E-state index contributed by atoms with van der Waals surface area (Å²) in [5.74, 6) is -0.235. The fourth-order valence-electron chi connectivity index (χ4n) is 1.67. The third-order valence-corrected chi connectivity index (χ3v) is 3.64. The van der Waals surface area contributed by atoms with Gasteiger partial charge in [0.25, 0.3) is 0 Å². The van der Waals surface area contributed by atoms with Crippen molar-refractivity contribution in [1.29, 1.82) is 0 Å². The number of nitrogens with zero attached hydrogens (tertiary/aromatic N) is 1. The van der Waals surface area contributed by atoms with Gasteiger partial charge in [0.15, 0.2) is 0 Å². The van der Waals surface area contributed by atoms with Crippen LogP contribution in [0.2, 0.25) is 0 Å².